The molecule has 2 heterocycles. The number of nitrogens with one attached hydrogen (secondary N) is 1. The number of carbonyl (C=O) groups excluding carboxylic acids is 1. The Hall–Kier alpha value is -1.35. The molecule has 0 spiro atoms. The van der Waals surface area contributed by atoms with E-state index in [9.17, 15) is 4.79 Å². The summed E-state index contributed by atoms with van der Waals surface area (Å²) in [5.41, 5.74) is 2.78. The first-order valence-corrected chi connectivity index (χ1v) is 9.27. The molecule has 1 atom stereocenters. The molecular weight excluding hydrogens is 284 g/mol. The Labute approximate surface area is 140 Å². The van der Waals surface area contributed by atoms with Gasteiger partial charge >= 0.3 is 0 Å². The molecule has 1 amide bonds. The maximum atomic E-state index is 12.6. The molecule has 0 aromatic heterocycles. The first-order chi connectivity index (χ1) is 11.2. The minimum absolute atomic E-state index is 0.229. The van der Waals surface area contributed by atoms with Crippen LogP contribution in [0.4, 0.5) is 0 Å². The topological polar surface area (TPSA) is 32.3 Å². The van der Waals surface area contributed by atoms with Gasteiger partial charge in [-0.15, -0.1) is 0 Å². The molecule has 1 N–H and O–H groups in total. The number of hydrogen-bond acceptors (Lipinski definition) is 2. The smallest absolute Gasteiger partial charge is 0.226 e. The van der Waals surface area contributed by atoms with Crippen molar-refractivity contribution in [3.05, 3.63) is 35.4 Å². The minimum atomic E-state index is 0.229. The van der Waals surface area contributed by atoms with Crippen LogP contribution in [0.5, 0.6) is 0 Å². The van der Waals surface area contributed by atoms with Gasteiger partial charge in [0.25, 0.3) is 0 Å². The van der Waals surface area contributed by atoms with Crippen molar-refractivity contribution in [2.75, 3.05) is 26.2 Å². The highest BCUT2D eigenvalue weighted by atomic mass is 16.2. The number of benzene rings is 1. The third-order valence-corrected chi connectivity index (χ3v) is 5.53. The monoisotopic (exact) mass is 314 g/mol. The predicted octanol–water partition coefficient (Wildman–Crippen LogP) is 3.17. The molecule has 1 aromatic carbocycles. The van der Waals surface area contributed by atoms with Gasteiger partial charge in [0.1, 0.15) is 0 Å². The molecule has 3 heteroatoms. The Morgan fingerprint density at radius 1 is 1.17 bits per heavy atom. The summed E-state index contributed by atoms with van der Waals surface area (Å²) in [5.74, 6) is 1.41. The van der Waals surface area contributed by atoms with Crippen molar-refractivity contribution < 1.29 is 4.79 Å². The van der Waals surface area contributed by atoms with Crippen LogP contribution in [0.25, 0.3) is 0 Å². The van der Waals surface area contributed by atoms with Gasteiger partial charge in [-0.3, -0.25) is 4.79 Å². The van der Waals surface area contributed by atoms with Crippen molar-refractivity contribution in [2.24, 2.45) is 11.8 Å². The summed E-state index contributed by atoms with van der Waals surface area (Å²) < 4.78 is 0. The third kappa shape index (κ3) is 4.57. The lowest BCUT2D eigenvalue weighted by Gasteiger charge is -2.35. The lowest BCUT2D eigenvalue weighted by atomic mass is 9.89. The number of nitrogens with zero attached hydrogens (tertiary/aromatic N) is 1. The van der Waals surface area contributed by atoms with Crippen LogP contribution in [0.1, 0.15) is 43.2 Å². The number of carbonyl (C=O) groups is 1. The largest absolute Gasteiger partial charge is 0.342 e. The first-order valence-electron chi connectivity index (χ1n) is 9.27. The van der Waals surface area contributed by atoms with Crippen molar-refractivity contribution in [1.29, 1.82) is 0 Å². The number of rotatable bonds is 4. The molecule has 2 fully saturated rings. The lowest BCUT2D eigenvalue weighted by molar-refractivity contribution is -0.137. The van der Waals surface area contributed by atoms with Crippen LogP contribution in [-0.4, -0.2) is 37.0 Å². The van der Waals surface area contributed by atoms with E-state index in [1.165, 1.54) is 36.8 Å². The van der Waals surface area contributed by atoms with Gasteiger partial charge < -0.3 is 10.2 Å². The second-order valence-electron chi connectivity index (χ2n) is 7.34. The molecule has 1 aromatic rings. The average molecular weight is 314 g/mol. The Balaban J connectivity index is 1.41. The molecule has 0 saturated carbocycles. The Bertz CT molecular complexity index is 497. The lowest BCUT2D eigenvalue weighted by Crippen LogP contribution is -2.46. The van der Waals surface area contributed by atoms with Gasteiger partial charge in [-0.2, -0.15) is 0 Å². The molecule has 0 bridgehead atoms. The van der Waals surface area contributed by atoms with E-state index in [0.29, 0.717) is 5.91 Å². The highest BCUT2D eigenvalue weighted by Crippen LogP contribution is 2.24. The molecular formula is C20H30N2O. The van der Waals surface area contributed by atoms with E-state index in [4.69, 9.17) is 0 Å². The zero-order valence-corrected chi connectivity index (χ0v) is 14.4. The standard InChI is InChI=1S/C20H30N2O/c1-16-4-6-17(7-5-16)8-9-18-10-13-22(14-11-18)20(23)19-3-2-12-21-15-19/h4-7,18-19,21H,2-3,8-15H2,1H3/t19-/m1/s1. The van der Waals surface area contributed by atoms with E-state index in [1.807, 2.05) is 0 Å². The van der Waals surface area contributed by atoms with Gasteiger partial charge in [0, 0.05) is 19.6 Å². The Morgan fingerprint density at radius 2 is 1.91 bits per heavy atom. The Morgan fingerprint density at radius 3 is 2.57 bits per heavy atom. The second kappa shape index (κ2) is 7.96. The van der Waals surface area contributed by atoms with Gasteiger partial charge in [-0.25, -0.2) is 0 Å². The van der Waals surface area contributed by atoms with Crippen LogP contribution in [0.15, 0.2) is 24.3 Å². The van der Waals surface area contributed by atoms with Gasteiger partial charge in [-0.1, -0.05) is 29.8 Å². The quantitative estimate of drug-likeness (QED) is 0.926. The SMILES string of the molecule is Cc1ccc(CCC2CCN(C(=O)[C@@H]3CCCNC3)CC2)cc1. The second-order valence-corrected chi connectivity index (χ2v) is 7.34. The zero-order chi connectivity index (χ0) is 16.1. The fourth-order valence-corrected chi connectivity index (χ4v) is 3.89. The number of piperidine rings is 2. The van der Waals surface area contributed by atoms with Crippen LogP contribution < -0.4 is 5.32 Å². The number of hydrogen-bond donors (Lipinski definition) is 1. The summed E-state index contributed by atoms with van der Waals surface area (Å²) in [6.45, 7) is 6.02. The summed E-state index contributed by atoms with van der Waals surface area (Å²) >= 11 is 0. The van der Waals surface area contributed by atoms with Crippen molar-refractivity contribution in [3.63, 3.8) is 0 Å². The molecule has 23 heavy (non-hydrogen) atoms. The molecule has 0 radical (unpaired) electrons. The highest BCUT2D eigenvalue weighted by molar-refractivity contribution is 5.79. The van der Waals surface area contributed by atoms with E-state index >= 15 is 0 Å². The molecule has 3 rings (SSSR count). The van der Waals surface area contributed by atoms with Gasteiger partial charge in [0.2, 0.25) is 5.91 Å². The minimum Gasteiger partial charge on any atom is -0.342 e. The zero-order valence-electron chi connectivity index (χ0n) is 14.4. The van der Waals surface area contributed by atoms with Crippen molar-refractivity contribution in [3.8, 4) is 0 Å². The van der Waals surface area contributed by atoms with Crippen molar-refractivity contribution >= 4 is 5.91 Å². The van der Waals surface area contributed by atoms with E-state index < -0.39 is 0 Å². The average Bonchev–Trinajstić information content (AvgIpc) is 2.62. The van der Waals surface area contributed by atoms with Crippen molar-refractivity contribution in [2.45, 2.75) is 45.4 Å². The fourth-order valence-electron chi connectivity index (χ4n) is 3.89. The predicted molar refractivity (Wildman–Crippen MR) is 94.4 cm³/mol. The molecule has 2 aliphatic heterocycles. The van der Waals surface area contributed by atoms with Crippen LogP contribution in [-0.2, 0) is 11.2 Å². The Kier molecular flexibility index (Phi) is 5.71. The maximum Gasteiger partial charge on any atom is 0.226 e. The third-order valence-electron chi connectivity index (χ3n) is 5.53. The normalized spacial score (nSPS) is 23.0. The van der Waals surface area contributed by atoms with Crippen LogP contribution in [0.2, 0.25) is 0 Å². The van der Waals surface area contributed by atoms with E-state index in [2.05, 4.69) is 41.4 Å². The van der Waals surface area contributed by atoms with Gasteiger partial charge in [0.15, 0.2) is 0 Å². The van der Waals surface area contributed by atoms with Crippen LogP contribution >= 0.6 is 0 Å². The van der Waals surface area contributed by atoms with Crippen LogP contribution in [0.3, 0.4) is 0 Å². The number of amides is 1. The first kappa shape index (κ1) is 16.5. The summed E-state index contributed by atoms with van der Waals surface area (Å²) in [5, 5.41) is 3.36. The van der Waals surface area contributed by atoms with E-state index in [0.717, 1.165) is 44.9 Å². The molecule has 0 aliphatic carbocycles. The van der Waals surface area contributed by atoms with E-state index in [-0.39, 0.29) is 5.92 Å². The van der Waals surface area contributed by atoms with Gasteiger partial charge in [-0.05, 0) is 63.5 Å². The molecule has 2 saturated heterocycles. The molecule has 126 valence electrons. The van der Waals surface area contributed by atoms with Crippen LogP contribution in [0, 0.1) is 18.8 Å². The van der Waals surface area contributed by atoms with Crippen molar-refractivity contribution in [1.82, 2.24) is 10.2 Å². The number of likely N-dealkylation sites (tertiary alicyclic amines) is 1. The van der Waals surface area contributed by atoms with E-state index in [1.54, 1.807) is 0 Å². The summed E-state index contributed by atoms with van der Waals surface area (Å²) in [7, 11) is 0. The maximum absolute atomic E-state index is 12.6. The molecule has 2 aliphatic rings. The fraction of sp³-hybridized carbons (Fsp3) is 0.650. The molecule has 3 nitrogen and oxygen atoms in total. The summed E-state index contributed by atoms with van der Waals surface area (Å²) in [4.78, 5) is 14.7. The summed E-state index contributed by atoms with van der Waals surface area (Å²) in [6, 6.07) is 8.91. The number of aryl methyl sites for hydroxylation is 2. The highest BCUT2D eigenvalue weighted by Gasteiger charge is 2.28. The summed E-state index contributed by atoms with van der Waals surface area (Å²) in [6.07, 6.45) is 7.00. The molecule has 0 unspecified atom stereocenters. The van der Waals surface area contributed by atoms with Gasteiger partial charge in [0.05, 0.1) is 5.92 Å².